The molecule has 1 aromatic rings. The van der Waals surface area contributed by atoms with E-state index < -0.39 is 0 Å². The van der Waals surface area contributed by atoms with E-state index >= 15 is 0 Å². The third-order valence-corrected chi connectivity index (χ3v) is 4.27. The number of nitrogens with zero attached hydrogens (tertiary/aromatic N) is 2. The zero-order valence-electron chi connectivity index (χ0n) is 10.5. The minimum atomic E-state index is 0.950. The highest BCUT2D eigenvalue weighted by molar-refractivity contribution is 7.98. The predicted molar refractivity (Wildman–Crippen MR) is 75.9 cm³/mol. The van der Waals surface area contributed by atoms with Crippen molar-refractivity contribution >= 4 is 28.2 Å². The largest absolute Gasteiger partial charge is 0.354 e. The molecule has 1 rings (SSSR count). The van der Waals surface area contributed by atoms with Gasteiger partial charge in [0.2, 0.25) is 0 Å². The lowest BCUT2D eigenvalue weighted by Gasteiger charge is -2.05. The second kappa shape index (κ2) is 7.14. The molecule has 92 valence electrons. The second-order valence-corrected chi connectivity index (χ2v) is 5.97. The number of aryl methyl sites for hydroxylation is 1. The topological polar surface area (TPSA) is 28.2 Å². The van der Waals surface area contributed by atoms with Crippen molar-refractivity contribution in [3.05, 3.63) is 10.6 Å². The minimum Gasteiger partial charge on any atom is -0.354 e. The van der Waals surface area contributed by atoms with Crippen LogP contribution in [0, 0.1) is 6.92 Å². The van der Waals surface area contributed by atoms with E-state index in [9.17, 15) is 0 Å². The first-order valence-corrected chi connectivity index (χ1v) is 7.69. The molecular weight excluding hydrogens is 238 g/mol. The van der Waals surface area contributed by atoms with Gasteiger partial charge in [-0.3, -0.25) is 0 Å². The molecule has 0 radical (unpaired) electrons. The molecule has 0 bridgehead atoms. The van der Waals surface area contributed by atoms with Crippen molar-refractivity contribution in [2.24, 2.45) is 0 Å². The second-order valence-electron chi connectivity index (χ2n) is 3.92. The van der Waals surface area contributed by atoms with Crippen LogP contribution in [0.15, 0.2) is 0 Å². The van der Waals surface area contributed by atoms with E-state index in [0.717, 1.165) is 23.9 Å². The van der Waals surface area contributed by atoms with E-state index in [-0.39, 0.29) is 0 Å². The summed E-state index contributed by atoms with van der Waals surface area (Å²) in [6, 6.07) is 0. The molecule has 5 heteroatoms. The Kier molecular flexibility index (Phi) is 6.16. The molecule has 1 heterocycles. The van der Waals surface area contributed by atoms with Crippen LogP contribution in [0.3, 0.4) is 0 Å². The number of aromatic nitrogens is 1. The van der Waals surface area contributed by atoms with Crippen LogP contribution in [0.1, 0.15) is 17.0 Å². The van der Waals surface area contributed by atoms with Crippen LogP contribution >= 0.6 is 23.1 Å². The van der Waals surface area contributed by atoms with Crippen LogP contribution in [0.25, 0.3) is 0 Å². The molecule has 0 saturated carbocycles. The average molecular weight is 259 g/mol. The number of rotatable bonds is 7. The Hall–Kier alpha value is -0.260. The van der Waals surface area contributed by atoms with Crippen molar-refractivity contribution in [1.82, 2.24) is 10.3 Å². The van der Waals surface area contributed by atoms with Gasteiger partial charge in [-0.05, 0) is 31.9 Å². The van der Waals surface area contributed by atoms with Gasteiger partial charge in [-0.25, -0.2) is 4.98 Å². The van der Waals surface area contributed by atoms with Crippen LogP contribution < -0.4 is 10.2 Å². The van der Waals surface area contributed by atoms with E-state index in [1.165, 1.54) is 17.1 Å². The van der Waals surface area contributed by atoms with Gasteiger partial charge in [0, 0.05) is 25.5 Å². The van der Waals surface area contributed by atoms with Gasteiger partial charge in [0.15, 0.2) is 5.13 Å². The Morgan fingerprint density at radius 1 is 1.44 bits per heavy atom. The third kappa shape index (κ3) is 4.31. The quantitative estimate of drug-likeness (QED) is 0.761. The highest BCUT2D eigenvalue weighted by Gasteiger charge is 2.07. The predicted octanol–water partition coefficient (Wildman–Crippen LogP) is 2.36. The fourth-order valence-electron chi connectivity index (χ4n) is 1.31. The molecule has 0 spiro atoms. The molecule has 0 aliphatic heterocycles. The van der Waals surface area contributed by atoms with Gasteiger partial charge in [0.05, 0.1) is 5.69 Å². The number of hydrogen-bond acceptors (Lipinski definition) is 5. The summed E-state index contributed by atoms with van der Waals surface area (Å²) in [4.78, 5) is 7.94. The lowest BCUT2D eigenvalue weighted by Crippen LogP contribution is -2.15. The lowest BCUT2D eigenvalue weighted by atomic mass is 10.4. The molecule has 0 unspecified atom stereocenters. The molecule has 3 nitrogen and oxygen atoms in total. The van der Waals surface area contributed by atoms with Gasteiger partial charge in [-0.2, -0.15) is 11.8 Å². The van der Waals surface area contributed by atoms with Gasteiger partial charge in [0.1, 0.15) is 0 Å². The van der Waals surface area contributed by atoms with E-state index in [0.29, 0.717) is 0 Å². The van der Waals surface area contributed by atoms with Gasteiger partial charge < -0.3 is 10.2 Å². The molecule has 0 fully saturated rings. The monoisotopic (exact) mass is 259 g/mol. The maximum atomic E-state index is 4.53. The minimum absolute atomic E-state index is 0.950. The summed E-state index contributed by atoms with van der Waals surface area (Å²) in [5.41, 5.74) is 1.16. The molecule has 1 aromatic heterocycles. The Labute approximate surface area is 107 Å². The van der Waals surface area contributed by atoms with Crippen molar-refractivity contribution in [3.8, 4) is 0 Å². The maximum Gasteiger partial charge on any atom is 0.185 e. The Balaban J connectivity index is 2.36. The van der Waals surface area contributed by atoms with E-state index in [1.807, 2.05) is 25.9 Å². The molecule has 0 saturated heterocycles. The molecule has 0 aliphatic rings. The number of hydrogen-bond donors (Lipinski definition) is 1. The third-order valence-electron chi connectivity index (χ3n) is 2.25. The SMILES string of the molecule is CSCCCNCc1sc(N(C)C)nc1C. The van der Waals surface area contributed by atoms with Gasteiger partial charge in [-0.15, -0.1) is 11.3 Å². The summed E-state index contributed by atoms with van der Waals surface area (Å²) in [6.07, 6.45) is 3.39. The first-order chi connectivity index (χ1) is 7.65. The van der Waals surface area contributed by atoms with Crippen LogP contribution in [0.5, 0.6) is 0 Å². The normalized spacial score (nSPS) is 10.8. The fourth-order valence-corrected chi connectivity index (χ4v) is 2.70. The molecule has 0 aliphatic carbocycles. The van der Waals surface area contributed by atoms with Crippen LogP contribution in [-0.4, -0.2) is 37.6 Å². The van der Waals surface area contributed by atoms with Crippen LogP contribution in [-0.2, 0) is 6.54 Å². The summed E-state index contributed by atoms with van der Waals surface area (Å²) in [6.45, 7) is 4.13. The van der Waals surface area contributed by atoms with Gasteiger partial charge >= 0.3 is 0 Å². The molecule has 0 atom stereocenters. The number of thioether (sulfide) groups is 1. The van der Waals surface area contributed by atoms with Crippen molar-refractivity contribution in [3.63, 3.8) is 0 Å². The van der Waals surface area contributed by atoms with Crippen molar-refractivity contribution < 1.29 is 0 Å². The number of nitrogens with one attached hydrogen (secondary N) is 1. The zero-order valence-corrected chi connectivity index (χ0v) is 12.2. The van der Waals surface area contributed by atoms with Crippen molar-refractivity contribution in [2.75, 3.05) is 37.5 Å². The van der Waals surface area contributed by atoms with Gasteiger partial charge in [-0.1, -0.05) is 0 Å². The lowest BCUT2D eigenvalue weighted by molar-refractivity contribution is 0.682. The highest BCUT2D eigenvalue weighted by atomic mass is 32.2. The first kappa shape index (κ1) is 13.8. The standard InChI is InChI=1S/C11H21N3S2/c1-9-10(8-12-6-5-7-15-4)16-11(13-9)14(2)3/h12H,5-8H2,1-4H3. The number of anilines is 1. The van der Waals surface area contributed by atoms with E-state index in [2.05, 4.69) is 28.4 Å². The van der Waals surface area contributed by atoms with Crippen LogP contribution in [0.4, 0.5) is 5.13 Å². The molecular formula is C11H21N3S2. The molecule has 1 N–H and O–H groups in total. The Morgan fingerprint density at radius 2 is 2.19 bits per heavy atom. The summed E-state index contributed by atoms with van der Waals surface area (Å²) in [5.74, 6) is 1.23. The van der Waals surface area contributed by atoms with Crippen LogP contribution in [0.2, 0.25) is 0 Å². The fraction of sp³-hybridized carbons (Fsp3) is 0.727. The first-order valence-electron chi connectivity index (χ1n) is 5.48. The van der Waals surface area contributed by atoms with Crippen molar-refractivity contribution in [2.45, 2.75) is 19.9 Å². The van der Waals surface area contributed by atoms with Gasteiger partial charge in [0.25, 0.3) is 0 Å². The average Bonchev–Trinajstić information content (AvgIpc) is 2.60. The Bertz CT molecular complexity index is 310. The zero-order chi connectivity index (χ0) is 12.0. The Morgan fingerprint density at radius 3 is 2.75 bits per heavy atom. The van der Waals surface area contributed by atoms with E-state index in [1.54, 1.807) is 11.3 Å². The summed E-state index contributed by atoms with van der Waals surface area (Å²) >= 11 is 3.68. The van der Waals surface area contributed by atoms with E-state index in [4.69, 9.17) is 0 Å². The molecule has 16 heavy (non-hydrogen) atoms. The summed E-state index contributed by atoms with van der Waals surface area (Å²) in [7, 11) is 4.07. The summed E-state index contributed by atoms with van der Waals surface area (Å²) < 4.78 is 0. The highest BCUT2D eigenvalue weighted by Crippen LogP contribution is 2.24. The smallest absolute Gasteiger partial charge is 0.185 e. The molecule has 0 amide bonds. The number of thiazole rings is 1. The van der Waals surface area contributed by atoms with Crippen molar-refractivity contribution in [1.29, 1.82) is 0 Å². The molecule has 0 aromatic carbocycles. The maximum absolute atomic E-state index is 4.53. The summed E-state index contributed by atoms with van der Waals surface area (Å²) in [5, 5.41) is 4.56.